The minimum Gasteiger partial charge on any atom is -0.618 e. The van der Waals surface area contributed by atoms with Crippen molar-refractivity contribution >= 4 is 21.4 Å². The molecule has 0 aliphatic heterocycles. The second-order valence-electron chi connectivity index (χ2n) is 3.12. The highest BCUT2D eigenvalue weighted by molar-refractivity contribution is 7.90. The molecule has 14 heavy (non-hydrogen) atoms. The van der Waals surface area contributed by atoms with Crippen molar-refractivity contribution in [2.45, 2.75) is 18.7 Å². The molecule has 0 aliphatic rings. The molecule has 78 valence electrons. The van der Waals surface area contributed by atoms with Crippen LogP contribution in [0.1, 0.15) is 11.4 Å². The van der Waals surface area contributed by atoms with Crippen LogP contribution >= 0.6 is 11.6 Å². The number of hydrogen-bond donors (Lipinski definition) is 0. The molecule has 0 atom stereocenters. The summed E-state index contributed by atoms with van der Waals surface area (Å²) < 4.78 is 23.2. The van der Waals surface area contributed by atoms with E-state index in [2.05, 4.69) is 0 Å². The molecule has 6 heteroatoms. The summed E-state index contributed by atoms with van der Waals surface area (Å²) in [7, 11) is -3.38. The Morgan fingerprint density at radius 2 is 1.93 bits per heavy atom. The van der Waals surface area contributed by atoms with Crippen LogP contribution in [0.25, 0.3) is 0 Å². The van der Waals surface area contributed by atoms with Crippen molar-refractivity contribution in [3.05, 3.63) is 27.7 Å². The molecule has 0 N–H and O–H groups in total. The molecule has 0 unspecified atom stereocenters. The molecule has 0 spiro atoms. The summed E-state index contributed by atoms with van der Waals surface area (Å²) in [6.07, 6.45) is 1.06. The second-order valence-corrected chi connectivity index (χ2v) is 5.48. The first-order valence-corrected chi connectivity index (χ1v) is 6.11. The van der Waals surface area contributed by atoms with Crippen LogP contribution in [0.5, 0.6) is 0 Å². The molecule has 0 fully saturated rings. The standard InChI is InChI=1S/C8H10ClNO3S/c1-5-4-7(14(3,12)13)8(9)6(2)10(5)11/h4H,1-3H3. The molecular formula is C8H10ClNO3S. The first-order valence-electron chi connectivity index (χ1n) is 3.84. The van der Waals surface area contributed by atoms with Gasteiger partial charge in [0, 0.05) is 26.2 Å². The number of pyridine rings is 1. The van der Waals surface area contributed by atoms with Crippen LogP contribution in [0, 0.1) is 19.1 Å². The molecule has 0 aliphatic carbocycles. The Morgan fingerprint density at radius 1 is 1.43 bits per heavy atom. The van der Waals surface area contributed by atoms with Crippen LogP contribution in [0.3, 0.4) is 0 Å². The van der Waals surface area contributed by atoms with E-state index in [-0.39, 0.29) is 15.6 Å². The van der Waals surface area contributed by atoms with Gasteiger partial charge < -0.3 is 5.21 Å². The number of rotatable bonds is 1. The van der Waals surface area contributed by atoms with E-state index in [1.54, 1.807) is 0 Å². The Morgan fingerprint density at radius 3 is 2.36 bits per heavy atom. The quantitative estimate of drug-likeness (QED) is 0.539. The van der Waals surface area contributed by atoms with Crippen LogP contribution in [-0.2, 0) is 9.84 Å². The largest absolute Gasteiger partial charge is 0.618 e. The molecule has 1 heterocycles. The van der Waals surface area contributed by atoms with Gasteiger partial charge in [-0.15, -0.1) is 0 Å². The van der Waals surface area contributed by atoms with Crippen molar-refractivity contribution in [3.8, 4) is 0 Å². The maximum atomic E-state index is 11.3. The molecule has 0 bridgehead atoms. The third-order valence-corrected chi connectivity index (χ3v) is 3.61. The van der Waals surface area contributed by atoms with Crippen molar-refractivity contribution < 1.29 is 13.1 Å². The van der Waals surface area contributed by atoms with Crippen LogP contribution in [0.4, 0.5) is 0 Å². The minimum atomic E-state index is -3.38. The Bertz CT molecular complexity index is 482. The lowest BCUT2D eigenvalue weighted by molar-refractivity contribution is -0.619. The Balaban J connectivity index is 3.66. The smallest absolute Gasteiger partial charge is 0.209 e. The number of nitrogens with zero attached hydrogens (tertiary/aromatic N) is 1. The predicted molar refractivity (Wildman–Crippen MR) is 53.0 cm³/mol. The van der Waals surface area contributed by atoms with Gasteiger partial charge in [0.25, 0.3) is 0 Å². The first-order chi connectivity index (χ1) is 6.25. The monoisotopic (exact) mass is 235 g/mol. The average molecular weight is 236 g/mol. The van der Waals surface area contributed by atoms with E-state index < -0.39 is 9.84 Å². The number of hydrogen-bond acceptors (Lipinski definition) is 3. The molecular weight excluding hydrogens is 226 g/mol. The summed E-state index contributed by atoms with van der Waals surface area (Å²) in [5, 5.41) is 11.3. The van der Waals surface area contributed by atoms with Crippen molar-refractivity contribution in [3.63, 3.8) is 0 Å². The Kier molecular flexibility index (Phi) is 2.74. The molecule has 1 rings (SSSR count). The van der Waals surface area contributed by atoms with Gasteiger partial charge in [-0.05, 0) is 0 Å². The maximum Gasteiger partial charge on any atom is 0.209 e. The maximum absolute atomic E-state index is 11.3. The van der Waals surface area contributed by atoms with Gasteiger partial charge in [0.2, 0.25) is 5.69 Å². The summed E-state index contributed by atoms with van der Waals surface area (Å²) >= 11 is 5.76. The van der Waals surface area contributed by atoms with Gasteiger partial charge in [-0.1, -0.05) is 11.6 Å². The zero-order chi connectivity index (χ0) is 11.1. The number of aromatic nitrogens is 1. The topological polar surface area (TPSA) is 61.1 Å². The van der Waals surface area contributed by atoms with E-state index in [9.17, 15) is 13.6 Å². The number of halogens is 1. The fourth-order valence-corrected chi connectivity index (χ4v) is 2.52. The Hall–Kier alpha value is -0.810. The summed E-state index contributed by atoms with van der Waals surface area (Å²) in [6.45, 7) is 3.02. The molecule has 1 aromatic heterocycles. The molecule has 0 saturated carbocycles. The number of sulfone groups is 1. The molecule has 0 aromatic carbocycles. The van der Waals surface area contributed by atoms with Gasteiger partial charge in [-0.25, -0.2) is 8.42 Å². The summed E-state index contributed by atoms with van der Waals surface area (Å²) in [5.74, 6) is 0. The molecule has 0 saturated heterocycles. The normalized spacial score (nSPS) is 11.7. The molecule has 1 aromatic rings. The van der Waals surface area contributed by atoms with E-state index in [1.165, 1.54) is 19.9 Å². The van der Waals surface area contributed by atoms with Gasteiger partial charge in [0.15, 0.2) is 15.5 Å². The zero-order valence-corrected chi connectivity index (χ0v) is 9.61. The van der Waals surface area contributed by atoms with Crippen LogP contribution in [-0.4, -0.2) is 14.7 Å². The fraction of sp³-hybridized carbons (Fsp3) is 0.375. The molecule has 0 amide bonds. The van der Waals surface area contributed by atoms with Gasteiger partial charge in [0.1, 0.15) is 5.02 Å². The van der Waals surface area contributed by atoms with E-state index >= 15 is 0 Å². The third kappa shape index (κ3) is 1.83. The van der Waals surface area contributed by atoms with Crippen molar-refractivity contribution in [2.24, 2.45) is 0 Å². The van der Waals surface area contributed by atoms with Crippen LogP contribution in [0.2, 0.25) is 5.02 Å². The second kappa shape index (κ2) is 3.40. The van der Waals surface area contributed by atoms with Gasteiger partial charge in [0.05, 0.1) is 4.90 Å². The summed E-state index contributed by atoms with van der Waals surface area (Å²) in [6, 6.07) is 1.28. The van der Waals surface area contributed by atoms with Gasteiger partial charge in [-0.3, -0.25) is 0 Å². The van der Waals surface area contributed by atoms with E-state index in [1.807, 2.05) is 0 Å². The van der Waals surface area contributed by atoms with Crippen molar-refractivity contribution in [2.75, 3.05) is 6.26 Å². The number of aryl methyl sites for hydroxylation is 1. The van der Waals surface area contributed by atoms with Crippen LogP contribution < -0.4 is 4.73 Å². The molecule has 0 radical (unpaired) electrons. The molecule has 4 nitrogen and oxygen atoms in total. The lowest BCUT2D eigenvalue weighted by Crippen LogP contribution is -2.34. The van der Waals surface area contributed by atoms with Crippen molar-refractivity contribution in [1.82, 2.24) is 0 Å². The average Bonchev–Trinajstić information content (AvgIpc) is 2.06. The van der Waals surface area contributed by atoms with Crippen LogP contribution in [0.15, 0.2) is 11.0 Å². The van der Waals surface area contributed by atoms with Crippen molar-refractivity contribution in [1.29, 1.82) is 0 Å². The predicted octanol–water partition coefficient (Wildman–Crippen LogP) is 0.994. The fourth-order valence-electron chi connectivity index (χ4n) is 1.11. The first kappa shape index (κ1) is 11.3. The zero-order valence-electron chi connectivity index (χ0n) is 8.04. The highest BCUT2D eigenvalue weighted by atomic mass is 35.5. The highest BCUT2D eigenvalue weighted by Gasteiger charge is 2.21. The summed E-state index contributed by atoms with van der Waals surface area (Å²) in [5.41, 5.74) is 0.513. The van der Waals surface area contributed by atoms with E-state index in [0.29, 0.717) is 10.4 Å². The lowest BCUT2D eigenvalue weighted by Gasteiger charge is -2.08. The summed E-state index contributed by atoms with van der Waals surface area (Å²) in [4.78, 5) is 0.00117. The van der Waals surface area contributed by atoms with Gasteiger partial charge in [-0.2, -0.15) is 4.73 Å². The highest BCUT2D eigenvalue weighted by Crippen LogP contribution is 2.23. The lowest BCUT2D eigenvalue weighted by atomic mass is 10.3. The third-order valence-electron chi connectivity index (χ3n) is 1.90. The van der Waals surface area contributed by atoms with E-state index in [4.69, 9.17) is 11.6 Å². The SMILES string of the molecule is Cc1cc(S(C)(=O)=O)c(Cl)c(C)[n+]1[O-]. The Labute approximate surface area is 87.6 Å². The van der Waals surface area contributed by atoms with Gasteiger partial charge >= 0.3 is 0 Å². The van der Waals surface area contributed by atoms with E-state index in [0.717, 1.165) is 6.26 Å². The minimum absolute atomic E-state index is 0.00117.